The van der Waals surface area contributed by atoms with Crippen molar-refractivity contribution in [2.75, 3.05) is 24.3 Å². The Kier molecular flexibility index (Phi) is 4.87. The molecular weight excluding hydrogens is 292 g/mol. The summed E-state index contributed by atoms with van der Waals surface area (Å²) in [6.07, 6.45) is 0.406. The largest absolute Gasteiger partial charge is 0.394 e. The monoisotopic (exact) mass is 310 g/mol. The van der Waals surface area contributed by atoms with Crippen molar-refractivity contribution in [2.45, 2.75) is 23.8 Å². The van der Waals surface area contributed by atoms with Crippen molar-refractivity contribution in [2.24, 2.45) is 0 Å². The molecule has 1 aliphatic rings. The van der Waals surface area contributed by atoms with Crippen LogP contribution < -0.4 is 10.6 Å². The third-order valence-electron chi connectivity index (χ3n) is 3.54. The van der Waals surface area contributed by atoms with Gasteiger partial charge in [0.1, 0.15) is 0 Å². The lowest BCUT2D eigenvalue weighted by molar-refractivity contribution is -0.113. The van der Waals surface area contributed by atoms with E-state index in [1.54, 1.807) is 25.1 Å². The van der Waals surface area contributed by atoms with E-state index in [0.717, 1.165) is 4.90 Å². The summed E-state index contributed by atoms with van der Waals surface area (Å²) in [6, 6.07) is 5.04. The molecule has 4 N–H and O–H groups in total. The average Bonchev–Trinajstić information content (AvgIpc) is 2.51. The van der Waals surface area contributed by atoms with E-state index in [9.17, 15) is 19.8 Å². The maximum atomic E-state index is 12.3. The molecule has 0 radical (unpaired) electrons. The topological polar surface area (TPSA) is 98.7 Å². The predicted molar refractivity (Wildman–Crippen MR) is 80.5 cm³/mol. The van der Waals surface area contributed by atoms with Crippen LogP contribution in [0.4, 0.5) is 5.69 Å². The van der Waals surface area contributed by atoms with Gasteiger partial charge in [-0.05, 0) is 24.6 Å². The molecule has 0 unspecified atom stereocenters. The summed E-state index contributed by atoms with van der Waals surface area (Å²) in [5.41, 5.74) is -0.0550. The smallest absolute Gasteiger partial charge is 0.251 e. The van der Waals surface area contributed by atoms with Crippen LogP contribution in [-0.4, -0.2) is 46.5 Å². The zero-order chi connectivity index (χ0) is 15.5. The molecule has 0 saturated carbocycles. The molecule has 0 spiro atoms. The van der Waals surface area contributed by atoms with Crippen molar-refractivity contribution in [1.82, 2.24) is 5.32 Å². The van der Waals surface area contributed by atoms with E-state index >= 15 is 0 Å². The second-order valence-electron chi connectivity index (χ2n) is 4.95. The quantitative estimate of drug-likeness (QED) is 0.638. The highest BCUT2D eigenvalue weighted by atomic mass is 32.2. The number of rotatable bonds is 5. The highest BCUT2D eigenvalue weighted by molar-refractivity contribution is 8.00. The molecule has 0 aliphatic carbocycles. The van der Waals surface area contributed by atoms with Gasteiger partial charge in [0.25, 0.3) is 5.91 Å². The molecule has 0 bridgehead atoms. The van der Waals surface area contributed by atoms with Crippen LogP contribution >= 0.6 is 11.8 Å². The van der Waals surface area contributed by atoms with E-state index in [1.165, 1.54) is 11.8 Å². The molecule has 2 rings (SSSR count). The zero-order valence-corrected chi connectivity index (χ0v) is 12.5. The maximum absolute atomic E-state index is 12.3. The Morgan fingerprint density at radius 2 is 2.14 bits per heavy atom. The minimum atomic E-state index is -1.04. The molecule has 21 heavy (non-hydrogen) atoms. The van der Waals surface area contributed by atoms with Gasteiger partial charge >= 0.3 is 0 Å². The van der Waals surface area contributed by atoms with Gasteiger partial charge in [0.05, 0.1) is 30.2 Å². The van der Waals surface area contributed by atoms with Gasteiger partial charge in [-0.2, -0.15) is 0 Å². The van der Waals surface area contributed by atoms with Gasteiger partial charge in [-0.25, -0.2) is 0 Å². The van der Waals surface area contributed by atoms with Crippen LogP contribution in [0, 0.1) is 0 Å². The van der Waals surface area contributed by atoms with Gasteiger partial charge in [0.15, 0.2) is 0 Å². The van der Waals surface area contributed by atoms with Crippen LogP contribution in [0.3, 0.4) is 0 Å². The van der Waals surface area contributed by atoms with Crippen molar-refractivity contribution in [3.8, 4) is 0 Å². The fourth-order valence-corrected chi connectivity index (χ4v) is 2.77. The first-order valence-corrected chi connectivity index (χ1v) is 7.63. The number of nitrogens with one attached hydrogen (secondary N) is 2. The first kappa shape index (κ1) is 15.8. The minimum Gasteiger partial charge on any atom is -0.394 e. The Hall–Kier alpha value is -1.57. The van der Waals surface area contributed by atoms with Crippen LogP contribution in [-0.2, 0) is 4.79 Å². The van der Waals surface area contributed by atoms with Gasteiger partial charge in [-0.3, -0.25) is 9.59 Å². The number of carbonyl (C=O) groups excluding carboxylic acids is 2. The van der Waals surface area contributed by atoms with Crippen molar-refractivity contribution in [3.05, 3.63) is 23.8 Å². The molecule has 6 nitrogen and oxygen atoms in total. The normalized spacial score (nSPS) is 14.3. The van der Waals surface area contributed by atoms with Crippen LogP contribution in [0.5, 0.6) is 0 Å². The molecular formula is C14H18N2O4S. The molecule has 7 heteroatoms. The molecule has 1 aromatic rings. The van der Waals surface area contributed by atoms with E-state index in [-0.39, 0.29) is 19.1 Å². The lowest BCUT2D eigenvalue weighted by Gasteiger charge is -2.29. The number of carbonyl (C=O) groups is 2. The number of benzene rings is 1. The molecule has 0 saturated heterocycles. The van der Waals surface area contributed by atoms with E-state index in [1.807, 2.05) is 0 Å². The highest BCUT2D eigenvalue weighted by Crippen LogP contribution is 2.32. The van der Waals surface area contributed by atoms with Crippen molar-refractivity contribution >= 4 is 29.3 Å². The third-order valence-corrected chi connectivity index (χ3v) is 4.61. The first-order chi connectivity index (χ1) is 10.0. The van der Waals surface area contributed by atoms with Crippen LogP contribution in [0.15, 0.2) is 23.1 Å². The summed E-state index contributed by atoms with van der Waals surface area (Å²) in [5.74, 6) is -0.127. The Morgan fingerprint density at radius 1 is 1.43 bits per heavy atom. The summed E-state index contributed by atoms with van der Waals surface area (Å²) in [7, 11) is 0. The van der Waals surface area contributed by atoms with E-state index in [0.29, 0.717) is 23.4 Å². The van der Waals surface area contributed by atoms with Gasteiger partial charge in [-0.1, -0.05) is 6.92 Å². The van der Waals surface area contributed by atoms with E-state index in [2.05, 4.69) is 10.6 Å². The maximum Gasteiger partial charge on any atom is 0.251 e. The van der Waals surface area contributed by atoms with Crippen molar-refractivity contribution in [3.63, 3.8) is 0 Å². The Labute approximate surface area is 126 Å². The van der Waals surface area contributed by atoms with Gasteiger partial charge < -0.3 is 20.8 Å². The fourth-order valence-electron chi connectivity index (χ4n) is 1.98. The number of hydrogen-bond acceptors (Lipinski definition) is 5. The second kappa shape index (κ2) is 6.46. The Morgan fingerprint density at radius 3 is 2.76 bits per heavy atom. The molecule has 0 fully saturated rings. The summed E-state index contributed by atoms with van der Waals surface area (Å²) in [4.78, 5) is 24.5. The van der Waals surface area contributed by atoms with E-state index in [4.69, 9.17) is 0 Å². The fraction of sp³-hybridized carbons (Fsp3) is 0.429. The van der Waals surface area contributed by atoms with Crippen LogP contribution in [0.2, 0.25) is 0 Å². The zero-order valence-electron chi connectivity index (χ0n) is 11.7. The minimum absolute atomic E-state index is 0.0984. The number of aliphatic hydroxyl groups is 2. The second-order valence-corrected chi connectivity index (χ2v) is 5.97. The standard InChI is InChI=1S/C14H18N2O4S/c1-2-14(7-17,8-18)16-13(20)9-3-4-11-10(5-9)15-12(19)6-21-11/h3-5,17-18H,2,6-8H2,1H3,(H,15,19)(H,16,20). The summed E-state index contributed by atoms with van der Waals surface area (Å²) >= 11 is 1.42. The van der Waals surface area contributed by atoms with Gasteiger partial charge in [0, 0.05) is 10.5 Å². The number of fused-ring (bicyclic) bond motifs is 1. The molecule has 1 heterocycles. The third kappa shape index (κ3) is 3.37. The van der Waals surface area contributed by atoms with Crippen LogP contribution in [0.25, 0.3) is 0 Å². The number of amides is 2. The lowest BCUT2D eigenvalue weighted by atomic mass is 9.97. The Balaban J connectivity index is 2.20. The summed E-state index contributed by atoms with van der Waals surface area (Å²) < 4.78 is 0. The summed E-state index contributed by atoms with van der Waals surface area (Å²) in [5, 5.41) is 24.1. The Bertz CT molecular complexity index is 550. The molecule has 2 amide bonds. The first-order valence-electron chi connectivity index (χ1n) is 6.64. The van der Waals surface area contributed by atoms with Crippen molar-refractivity contribution < 1.29 is 19.8 Å². The van der Waals surface area contributed by atoms with Crippen LogP contribution in [0.1, 0.15) is 23.7 Å². The van der Waals surface area contributed by atoms with Crippen molar-refractivity contribution in [1.29, 1.82) is 0 Å². The average molecular weight is 310 g/mol. The SMILES string of the molecule is CCC(CO)(CO)NC(=O)c1ccc2c(c1)NC(=O)CS2. The van der Waals surface area contributed by atoms with E-state index < -0.39 is 11.4 Å². The molecule has 114 valence electrons. The number of aliphatic hydroxyl groups excluding tert-OH is 2. The highest BCUT2D eigenvalue weighted by Gasteiger charge is 2.29. The predicted octanol–water partition coefficient (Wildman–Crippen LogP) is 0.594. The van der Waals surface area contributed by atoms with Gasteiger partial charge in [-0.15, -0.1) is 11.8 Å². The molecule has 0 atom stereocenters. The number of thioether (sulfide) groups is 1. The molecule has 1 aromatic carbocycles. The lowest BCUT2D eigenvalue weighted by Crippen LogP contribution is -2.53. The molecule has 0 aromatic heterocycles. The summed E-state index contributed by atoms with van der Waals surface area (Å²) in [6.45, 7) is 1.09. The number of hydrogen-bond donors (Lipinski definition) is 4. The van der Waals surface area contributed by atoms with Gasteiger partial charge in [0.2, 0.25) is 5.91 Å². The molecule has 1 aliphatic heterocycles. The number of anilines is 1.